The number of carbonyl (C=O) groups is 2. The quantitative estimate of drug-likeness (QED) is 0.758. The van der Waals surface area contributed by atoms with Crippen LogP contribution in [0.3, 0.4) is 0 Å². The molecule has 3 heterocycles. The first-order valence-electron chi connectivity index (χ1n) is 11.4. The maximum absolute atomic E-state index is 13.1. The van der Waals surface area contributed by atoms with Gasteiger partial charge >= 0.3 is 0 Å². The van der Waals surface area contributed by atoms with Crippen molar-refractivity contribution >= 4 is 11.8 Å². The summed E-state index contributed by atoms with van der Waals surface area (Å²) in [6, 6.07) is 6.45. The minimum atomic E-state index is -0.153. The van der Waals surface area contributed by atoms with Crippen molar-refractivity contribution in [2.24, 2.45) is 5.92 Å². The van der Waals surface area contributed by atoms with Gasteiger partial charge in [-0.05, 0) is 30.5 Å². The van der Waals surface area contributed by atoms with Gasteiger partial charge in [0.2, 0.25) is 18.6 Å². The number of piperazine rings is 1. The number of rotatable bonds is 4. The monoisotopic (exact) mass is 413 g/mol. The lowest BCUT2D eigenvalue weighted by Crippen LogP contribution is -2.50. The standard InChI is InChI=1S/C23H31N3O4/c27-22-13-18(15-26(22)19-4-2-1-3-5-19)23(28)25-10-8-24(9-11-25)14-17-6-7-20-21(12-17)30-16-29-20/h6-7,12,18-19H,1-5,8-11,13-16H2. The fraction of sp³-hybridized carbons (Fsp3) is 0.652. The van der Waals surface area contributed by atoms with Crippen LogP contribution in [0, 0.1) is 5.92 Å². The highest BCUT2D eigenvalue weighted by Gasteiger charge is 2.40. The van der Waals surface area contributed by atoms with E-state index in [0.29, 0.717) is 25.8 Å². The van der Waals surface area contributed by atoms with Gasteiger partial charge in [-0.15, -0.1) is 0 Å². The Kier molecular flexibility index (Phi) is 5.54. The lowest BCUT2D eigenvalue weighted by molar-refractivity contribution is -0.137. The van der Waals surface area contributed by atoms with Gasteiger partial charge in [0.15, 0.2) is 11.5 Å². The van der Waals surface area contributed by atoms with Crippen molar-refractivity contribution in [1.29, 1.82) is 0 Å². The summed E-state index contributed by atoms with van der Waals surface area (Å²) in [4.78, 5) is 32.0. The number of benzene rings is 1. The largest absolute Gasteiger partial charge is 0.454 e. The molecule has 162 valence electrons. The number of nitrogens with zero attached hydrogens (tertiary/aromatic N) is 3. The van der Waals surface area contributed by atoms with Gasteiger partial charge in [0.25, 0.3) is 0 Å². The molecule has 1 atom stereocenters. The summed E-state index contributed by atoms with van der Waals surface area (Å²) in [5.74, 6) is 1.82. The van der Waals surface area contributed by atoms with E-state index in [4.69, 9.17) is 9.47 Å². The van der Waals surface area contributed by atoms with Crippen molar-refractivity contribution < 1.29 is 19.1 Å². The zero-order chi connectivity index (χ0) is 20.5. The maximum atomic E-state index is 13.1. The highest BCUT2D eigenvalue weighted by atomic mass is 16.7. The molecule has 1 aromatic carbocycles. The van der Waals surface area contributed by atoms with Crippen molar-refractivity contribution in [2.75, 3.05) is 39.5 Å². The van der Waals surface area contributed by atoms with Crippen molar-refractivity contribution in [3.63, 3.8) is 0 Å². The van der Waals surface area contributed by atoms with Gasteiger partial charge in [-0.1, -0.05) is 25.3 Å². The van der Waals surface area contributed by atoms with E-state index < -0.39 is 0 Å². The Labute approximate surface area is 177 Å². The Morgan fingerprint density at radius 2 is 1.77 bits per heavy atom. The molecule has 5 rings (SSSR count). The van der Waals surface area contributed by atoms with Gasteiger partial charge in [-0.2, -0.15) is 0 Å². The first-order chi connectivity index (χ1) is 14.7. The molecule has 1 unspecified atom stereocenters. The van der Waals surface area contributed by atoms with Gasteiger partial charge in [0.1, 0.15) is 0 Å². The molecule has 2 amide bonds. The zero-order valence-electron chi connectivity index (χ0n) is 17.6. The maximum Gasteiger partial charge on any atom is 0.231 e. The molecular weight excluding hydrogens is 382 g/mol. The summed E-state index contributed by atoms with van der Waals surface area (Å²) in [7, 11) is 0. The minimum Gasteiger partial charge on any atom is -0.454 e. The van der Waals surface area contributed by atoms with Crippen LogP contribution in [-0.2, 0) is 16.1 Å². The molecule has 4 aliphatic rings. The molecule has 30 heavy (non-hydrogen) atoms. The van der Waals surface area contributed by atoms with E-state index in [9.17, 15) is 9.59 Å². The van der Waals surface area contributed by atoms with Crippen molar-refractivity contribution in [1.82, 2.24) is 14.7 Å². The first-order valence-corrected chi connectivity index (χ1v) is 11.4. The Hall–Kier alpha value is -2.28. The van der Waals surface area contributed by atoms with Gasteiger partial charge in [0, 0.05) is 51.7 Å². The second-order valence-corrected chi connectivity index (χ2v) is 9.03. The molecule has 0 N–H and O–H groups in total. The Bertz CT molecular complexity index is 800. The average Bonchev–Trinajstić information content (AvgIpc) is 3.40. The van der Waals surface area contributed by atoms with Crippen LogP contribution in [0.25, 0.3) is 0 Å². The van der Waals surface area contributed by atoms with E-state index in [1.807, 2.05) is 21.9 Å². The number of carbonyl (C=O) groups excluding carboxylic acids is 2. The number of hydrogen-bond donors (Lipinski definition) is 0. The zero-order valence-corrected chi connectivity index (χ0v) is 17.6. The van der Waals surface area contributed by atoms with Crippen molar-refractivity contribution in [2.45, 2.75) is 51.1 Å². The van der Waals surface area contributed by atoms with Gasteiger partial charge in [-0.3, -0.25) is 14.5 Å². The molecule has 0 bridgehead atoms. The predicted molar refractivity (Wildman–Crippen MR) is 111 cm³/mol. The van der Waals surface area contributed by atoms with Crippen LogP contribution in [0.4, 0.5) is 0 Å². The SMILES string of the molecule is O=C(C1CC(=O)N(C2CCCCC2)C1)N1CCN(Cc2ccc3c(c2)OCO3)CC1. The lowest BCUT2D eigenvalue weighted by Gasteiger charge is -2.36. The number of ether oxygens (including phenoxy) is 2. The van der Waals surface area contributed by atoms with Crippen LogP contribution in [-0.4, -0.2) is 72.1 Å². The number of amides is 2. The smallest absolute Gasteiger partial charge is 0.231 e. The number of fused-ring (bicyclic) bond motifs is 1. The fourth-order valence-electron chi connectivity index (χ4n) is 5.32. The van der Waals surface area contributed by atoms with Crippen LogP contribution in [0.5, 0.6) is 11.5 Å². The molecule has 1 aromatic rings. The third-order valence-electron chi connectivity index (χ3n) is 7.05. The first kappa shape index (κ1) is 19.7. The summed E-state index contributed by atoms with van der Waals surface area (Å²) in [5, 5.41) is 0. The third-order valence-corrected chi connectivity index (χ3v) is 7.05. The van der Waals surface area contributed by atoms with E-state index in [0.717, 1.165) is 57.1 Å². The van der Waals surface area contributed by atoms with Crippen molar-refractivity contribution in [3.8, 4) is 11.5 Å². The molecule has 3 fully saturated rings. The van der Waals surface area contributed by atoms with E-state index in [1.165, 1.54) is 24.8 Å². The number of hydrogen-bond acceptors (Lipinski definition) is 5. The second kappa shape index (κ2) is 8.46. The number of likely N-dealkylation sites (tertiary alicyclic amines) is 1. The molecule has 0 aromatic heterocycles. The van der Waals surface area contributed by atoms with Crippen LogP contribution in [0.2, 0.25) is 0 Å². The fourth-order valence-corrected chi connectivity index (χ4v) is 5.32. The van der Waals surface area contributed by atoms with Gasteiger partial charge in [0.05, 0.1) is 5.92 Å². The highest BCUT2D eigenvalue weighted by molar-refractivity contribution is 5.89. The van der Waals surface area contributed by atoms with Crippen LogP contribution in [0.1, 0.15) is 44.1 Å². The van der Waals surface area contributed by atoms with Crippen LogP contribution < -0.4 is 9.47 Å². The molecule has 1 saturated carbocycles. The summed E-state index contributed by atoms with van der Waals surface area (Å²) in [5.41, 5.74) is 1.20. The van der Waals surface area contributed by atoms with E-state index in [1.54, 1.807) is 0 Å². The summed E-state index contributed by atoms with van der Waals surface area (Å²) in [6.07, 6.45) is 6.29. The van der Waals surface area contributed by atoms with E-state index >= 15 is 0 Å². The average molecular weight is 414 g/mol. The lowest BCUT2D eigenvalue weighted by atomic mass is 9.94. The molecule has 0 spiro atoms. The molecule has 1 aliphatic carbocycles. The van der Waals surface area contributed by atoms with Gasteiger partial charge in [-0.25, -0.2) is 0 Å². The summed E-state index contributed by atoms with van der Waals surface area (Å²) in [6.45, 7) is 4.94. The normalized spacial score (nSPS) is 25.2. The third kappa shape index (κ3) is 4.00. The Morgan fingerprint density at radius 3 is 2.57 bits per heavy atom. The summed E-state index contributed by atoms with van der Waals surface area (Å²) >= 11 is 0. The Balaban J connectivity index is 1.12. The highest BCUT2D eigenvalue weighted by Crippen LogP contribution is 2.33. The van der Waals surface area contributed by atoms with Crippen LogP contribution in [0.15, 0.2) is 18.2 Å². The van der Waals surface area contributed by atoms with Crippen LogP contribution >= 0.6 is 0 Å². The molecule has 2 saturated heterocycles. The van der Waals surface area contributed by atoms with Gasteiger partial charge < -0.3 is 19.3 Å². The molecule has 7 nitrogen and oxygen atoms in total. The van der Waals surface area contributed by atoms with E-state index in [2.05, 4.69) is 11.0 Å². The molecule has 7 heteroatoms. The predicted octanol–water partition coefficient (Wildman–Crippen LogP) is 2.24. The molecule has 3 aliphatic heterocycles. The van der Waals surface area contributed by atoms with Crippen molar-refractivity contribution in [3.05, 3.63) is 23.8 Å². The molecule has 0 radical (unpaired) electrons. The van der Waals surface area contributed by atoms with E-state index in [-0.39, 0.29) is 17.7 Å². The second-order valence-electron chi connectivity index (χ2n) is 9.03. The molecular formula is C23H31N3O4. The Morgan fingerprint density at radius 1 is 1.00 bits per heavy atom. The minimum absolute atomic E-state index is 0.153. The summed E-state index contributed by atoms with van der Waals surface area (Å²) < 4.78 is 10.8. The topological polar surface area (TPSA) is 62.3 Å².